The third-order valence-corrected chi connectivity index (χ3v) is 3.79. The molecule has 0 radical (unpaired) electrons. The molecular formula is C12H19N3O5S. The van der Waals surface area contributed by atoms with Gasteiger partial charge in [-0.15, -0.1) is 4.40 Å². The number of carbonyl (C=O) groups is 2. The number of hydrogen-bond acceptors (Lipinski definition) is 5. The number of ether oxygens (including phenoxy) is 1. The molecular weight excluding hydrogens is 298 g/mol. The molecule has 0 spiro atoms. The van der Waals surface area contributed by atoms with Crippen LogP contribution >= 0.6 is 0 Å². The lowest BCUT2D eigenvalue weighted by Gasteiger charge is -2.23. The van der Waals surface area contributed by atoms with Gasteiger partial charge in [-0.25, -0.2) is 9.10 Å². The molecule has 9 heteroatoms. The topological polar surface area (TPSA) is 105 Å². The van der Waals surface area contributed by atoms with E-state index in [2.05, 4.69) is 9.71 Å². The van der Waals surface area contributed by atoms with Gasteiger partial charge in [-0.3, -0.25) is 4.79 Å². The Bertz CT molecular complexity index is 592. The maximum atomic E-state index is 11.9. The second-order valence-corrected chi connectivity index (χ2v) is 6.23. The van der Waals surface area contributed by atoms with Crippen molar-refractivity contribution in [2.45, 2.75) is 33.7 Å². The van der Waals surface area contributed by atoms with Crippen LogP contribution in [0.25, 0.3) is 0 Å². The van der Waals surface area contributed by atoms with E-state index in [1.807, 2.05) is 0 Å². The summed E-state index contributed by atoms with van der Waals surface area (Å²) in [6.07, 6.45) is 1.08. The largest absolute Gasteiger partial charge is 0.462 e. The summed E-state index contributed by atoms with van der Waals surface area (Å²) in [7, 11) is -4.01. The van der Waals surface area contributed by atoms with Crippen molar-refractivity contribution in [2.24, 2.45) is 4.40 Å². The molecule has 0 saturated heterocycles. The SMILES string of the molecule is CCOC(=O)C1=CN(CC(=O)NC(C)C)S(=O)(=O)N=C1C. The second kappa shape index (κ2) is 6.70. The second-order valence-electron chi connectivity index (χ2n) is 4.69. The van der Waals surface area contributed by atoms with Crippen molar-refractivity contribution in [3.8, 4) is 0 Å². The van der Waals surface area contributed by atoms with Gasteiger partial charge in [0, 0.05) is 12.2 Å². The Morgan fingerprint density at radius 2 is 2.05 bits per heavy atom. The van der Waals surface area contributed by atoms with E-state index in [1.54, 1.807) is 20.8 Å². The first kappa shape index (κ1) is 17.2. The van der Waals surface area contributed by atoms with Crippen LogP contribution in [-0.4, -0.2) is 49.5 Å². The fourth-order valence-electron chi connectivity index (χ4n) is 1.62. The van der Waals surface area contributed by atoms with Crippen LogP contribution in [0.1, 0.15) is 27.7 Å². The Hall–Kier alpha value is -1.90. The summed E-state index contributed by atoms with van der Waals surface area (Å²) in [6.45, 7) is 6.25. The van der Waals surface area contributed by atoms with Gasteiger partial charge in [0.25, 0.3) is 0 Å². The van der Waals surface area contributed by atoms with E-state index in [0.717, 1.165) is 10.5 Å². The third kappa shape index (κ3) is 4.55. The molecule has 1 heterocycles. The van der Waals surface area contributed by atoms with Gasteiger partial charge in [0.2, 0.25) is 5.91 Å². The van der Waals surface area contributed by atoms with Gasteiger partial charge in [0.15, 0.2) is 0 Å². The quantitative estimate of drug-likeness (QED) is 0.717. The smallest absolute Gasteiger partial charge is 0.344 e. The van der Waals surface area contributed by atoms with Crippen molar-refractivity contribution in [3.63, 3.8) is 0 Å². The summed E-state index contributed by atoms with van der Waals surface area (Å²) in [5.41, 5.74) is 0.0537. The molecule has 1 amide bonds. The number of rotatable bonds is 5. The maximum Gasteiger partial charge on any atom is 0.344 e. The number of carbonyl (C=O) groups excluding carboxylic acids is 2. The zero-order chi connectivity index (χ0) is 16.2. The van der Waals surface area contributed by atoms with E-state index in [9.17, 15) is 18.0 Å². The predicted molar refractivity (Wildman–Crippen MR) is 76.7 cm³/mol. The Morgan fingerprint density at radius 1 is 1.43 bits per heavy atom. The molecule has 0 aromatic heterocycles. The molecule has 1 N–H and O–H groups in total. The van der Waals surface area contributed by atoms with Crippen molar-refractivity contribution in [3.05, 3.63) is 11.8 Å². The fourth-order valence-corrected chi connectivity index (χ4v) is 2.69. The lowest BCUT2D eigenvalue weighted by molar-refractivity contribution is -0.138. The zero-order valence-electron chi connectivity index (χ0n) is 12.4. The van der Waals surface area contributed by atoms with Crippen LogP contribution in [0, 0.1) is 0 Å². The molecule has 1 aliphatic rings. The van der Waals surface area contributed by atoms with Crippen LogP contribution in [0.2, 0.25) is 0 Å². The van der Waals surface area contributed by atoms with Crippen LogP contribution in [0.3, 0.4) is 0 Å². The summed E-state index contributed by atoms with van der Waals surface area (Å²) < 4.78 is 32.8. The first-order valence-electron chi connectivity index (χ1n) is 6.44. The molecule has 1 rings (SSSR count). The summed E-state index contributed by atoms with van der Waals surface area (Å²) in [6, 6.07) is -0.122. The maximum absolute atomic E-state index is 11.9. The molecule has 1 aliphatic heterocycles. The van der Waals surface area contributed by atoms with E-state index in [4.69, 9.17) is 4.74 Å². The average molecular weight is 317 g/mol. The molecule has 0 fully saturated rings. The molecule has 118 valence electrons. The molecule has 21 heavy (non-hydrogen) atoms. The molecule has 8 nitrogen and oxygen atoms in total. The third-order valence-electron chi connectivity index (χ3n) is 2.46. The minimum absolute atomic E-state index is 0.0176. The van der Waals surface area contributed by atoms with E-state index in [1.165, 1.54) is 6.92 Å². The van der Waals surface area contributed by atoms with Crippen molar-refractivity contribution in [1.29, 1.82) is 0 Å². The minimum atomic E-state index is -4.01. The molecule has 0 aliphatic carbocycles. The molecule has 0 unspecified atom stereocenters. The summed E-state index contributed by atoms with van der Waals surface area (Å²) in [5.74, 6) is -1.16. The van der Waals surface area contributed by atoms with Crippen LogP contribution < -0.4 is 5.32 Å². The van der Waals surface area contributed by atoms with Gasteiger partial charge >= 0.3 is 16.2 Å². The number of amides is 1. The highest BCUT2D eigenvalue weighted by molar-refractivity contribution is 7.88. The van der Waals surface area contributed by atoms with Crippen LogP contribution in [0.15, 0.2) is 16.2 Å². The number of hydrogen-bond donors (Lipinski definition) is 1. The molecule has 0 aromatic carbocycles. The number of nitrogens with one attached hydrogen (secondary N) is 1. The molecule has 0 atom stereocenters. The van der Waals surface area contributed by atoms with Gasteiger partial charge in [-0.05, 0) is 27.7 Å². The summed E-state index contributed by atoms with van der Waals surface area (Å²) in [4.78, 5) is 23.4. The first-order valence-corrected chi connectivity index (χ1v) is 7.84. The highest BCUT2D eigenvalue weighted by Crippen LogP contribution is 2.17. The van der Waals surface area contributed by atoms with Crippen LogP contribution in [-0.2, 0) is 24.5 Å². The van der Waals surface area contributed by atoms with Crippen molar-refractivity contribution >= 4 is 27.8 Å². The summed E-state index contributed by atoms with van der Waals surface area (Å²) >= 11 is 0. The fraction of sp³-hybridized carbons (Fsp3) is 0.583. The van der Waals surface area contributed by atoms with E-state index >= 15 is 0 Å². The Kier molecular flexibility index (Phi) is 5.47. The highest BCUT2D eigenvalue weighted by atomic mass is 32.2. The van der Waals surface area contributed by atoms with Gasteiger partial charge in [-0.2, -0.15) is 8.42 Å². The van der Waals surface area contributed by atoms with Gasteiger partial charge in [-0.1, -0.05) is 0 Å². The summed E-state index contributed by atoms with van der Waals surface area (Å²) in [5, 5.41) is 2.57. The standard InChI is InChI=1S/C12H19N3O5S/c1-5-20-12(17)10-6-15(7-11(16)13-8(2)3)21(18,19)14-9(10)4/h6,8H,5,7H2,1-4H3,(H,13,16). The zero-order valence-corrected chi connectivity index (χ0v) is 13.2. The molecule has 0 bridgehead atoms. The average Bonchev–Trinajstić information content (AvgIpc) is 2.31. The van der Waals surface area contributed by atoms with Crippen molar-refractivity contribution < 1.29 is 22.7 Å². The highest BCUT2D eigenvalue weighted by Gasteiger charge is 2.30. The predicted octanol–water partition coefficient (Wildman–Crippen LogP) is -0.0207. The van der Waals surface area contributed by atoms with E-state index in [-0.39, 0.29) is 23.9 Å². The van der Waals surface area contributed by atoms with Gasteiger partial charge in [0.1, 0.15) is 6.54 Å². The number of esters is 1. The van der Waals surface area contributed by atoms with E-state index < -0.39 is 28.6 Å². The van der Waals surface area contributed by atoms with Gasteiger partial charge in [0.05, 0.1) is 17.9 Å². The Balaban J connectivity index is 3.01. The Labute approximate surface area is 124 Å². The van der Waals surface area contributed by atoms with Gasteiger partial charge < -0.3 is 10.1 Å². The van der Waals surface area contributed by atoms with Crippen molar-refractivity contribution in [1.82, 2.24) is 9.62 Å². The Morgan fingerprint density at radius 3 is 2.57 bits per heavy atom. The molecule has 0 saturated carbocycles. The van der Waals surface area contributed by atoms with E-state index in [0.29, 0.717) is 0 Å². The number of nitrogens with zero attached hydrogens (tertiary/aromatic N) is 2. The monoisotopic (exact) mass is 317 g/mol. The lowest BCUT2D eigenvalue weighted by Crippen LogP contribution is -2.41. The lowest BCUT2D eigenvalue weighted by atomic mass is 10.2. The first-order chi connectivity index (χ1) is 9.67. The van der Waals surface area contributed by atoms with Crippen LogP contribution in [0.4, 0.5) is 0 Å². The molecule has 0 aromatic rings. The van der Waals surface area contributed by atoms with Crippen molar-refractivity contribution in [2.75, 3.05) is 13.2 Å². The van der Waals surface area contributed by atoms with Crippen LogP contribution in [0.5, 0.6) is 0 Å². The minimum Gasteiger partial charge on any atom is -0.462 e. The normalized spacial score (nSPS) is 17.1.